The quantitative estimate of drug-likeness (QED) is 0.883. The topological polar surface area (TPSA) is 65.5 Å². The molecule has 122 valence electrons. The predicted octanol–water partition coefficient (Wildman–Crippen LogP) is 3.36. The van der Waals surface area contributed by atoms with Crippen LogP contribution in [0.5, 0.6) is 0 Å². The highest BCUT2D eigenvalue weighted by Gasteiger charge is 2.30. The van der Waals surface area contributed by atoms with Crippen molar-refractivity contribution in [2.24, 2.45) is 0 Å². The Morgan fingerprint density at radius 2 is 2.30 bits per heavy atom. The van der Waals surface area contributed by atoms with Crippen LogP contribution in [-0.4, -0.2) is 33.6 Å². The van der Waals surface area contributed by atoms with E-state index in [2.05, 4.69) is 21.8 Å². The molecular weight excluding hydrogens is 310 g/mol. The standard InChI is InChI=1S/C17H21N3O2S/c1-12-11-16(23-19-12)18-17(22)20(9-4-10-21)15-8-7-13-5-2-3-6-14(13)15/h2-3,5-6,11,15,21H,4,7-10H2,1H3,(H,18,22). The molecule has 23 heavy (non-hydrogen) atoms. The molecule has 0 radical (unpaired) electrons. The van der Waals surface area contributed by atoms with Crippen LogP contribution in [0.2, 0.25) is 0 Å². The van der Waals surface area contributed by atoms with Gasteiger partial charge in [0.1, 0.15) is 5.00 Å². The molecule has 2 amide bonds. The molecule has 0 fully saturated rings. The van der Waals surface area contributed by atoms with Crippen LogP contribution < -0.4 is 5.32 Å². The zero-order valence-electron chi connectivity index (χ0n) is 13.2. The number of fused-ring (bicyclic) bond motifs is 1. The molecule has 1 unspecified atom stereocenters. The fraction of sp³-hybridized carbons (Fsp3) is 0.412. The molecule has 1 heterocycles. The van der Waals surface area contributed by atoms with E-state index in [1.54, 1.807) is 0 Å². The van der Waals surface area contributed by atoms with E-state index in [4.69, 9.17) is 5.11 Å². The summed E-state index contributed by atoms with van der Waals surface area (Å²) in [5, 5.41) is 12.9. The molecule has 1 aliphatic rings. The number of amides is 2. The Hall–Kier alpha value is -1.92. The number of hydrogen-bond acceptors (Lipinski definition) is 4. The minimum atomic E-state index is -0.121. The zero-order chi connectivity index (χ0) is 16.2. The van der Waals surface area contributed by atoms with E-state index in [1.807, 2.05) is 30.0 Å². The van der Waals surface area contributed by atoms with Gasteiger partial charge in [0.2, 0.25) is 0 Å². The van der Waals surface area contributed by atoms with Crippen LogP contribution in [-0.2, 0) is 6.42 Å². The van der Waals surface area contributed by atoms with Crippen LogP contribution in [0.4, 0.5) is 9.80 Å². The number of nitrogens with one attached hydrogen (secondary N) is 1. The molecule has 1 atom stereocenters. The average molecular weight is 331 g/mol. The lowest BCUT2D eigenvalue weighted by Gasteiger charge is -2.29. The average Bonchev–Trinajstić information content (AvgIpc) is 3.15. The predicted molar refractivity (Wildman–Crippen MR) is 91.8 cm³/mol. The molecule has 6 heteroatoms. The van der Waals surface area contributed by atoms with Crippen molar-refractivity contribution in [2.75, 3.05) is 18.5 Å². The highest BCUT2D eigenvalue weighted by Crippen LogP contribution is 2.36. The molecule has 0 spiro atoms. The van der Waals surface area contributed by atoms with Gasteiger partial charge in [-0.1, -0.05) is 24.3 Å². The molecule has 1 aromatic carbocycles. The molecule has 1 aromatic heterocycles. The summed E-state index contributed by atoms with van der Waals surface area (Å²) in [6.45, 7) is 2.53. The van der Waals surface area contributed by atoms with Gasteiger partial charge in [0.15, 0.2) is 0 Å². The summed E-state index contributed by atoms with van der Waals surface area (Å²) in [6.07, 6.45) is 2.50. The first-order chi connectivity index (χ1) is 11.2. The Morgan fingerprint density at radius 3 is 3.04 bits per heavy atom. The van der Waals surface area contributed by atoms with Crippen molar-refractivity contribution in [3.63, 3.8) is 0 Å². The second-order valence-electron chi connectivity index (χ2n) is 5.79. The number of aliphatic hydroxyl groups excluding tert-OH is 1. The lowest BCUT2D eigenvalue weighted by atomic mass is 10.1. The summed E-state index contributed by atoms with van der Waals surface area (Å²) in [5.74, 6) is 0. The van der Waals surface area contributed by atoms with Crippen molar-refractivity contribution >= 4 is 22.6 Å². The summed E-state index contributed by atoms with van der Waals surface area (Å²) in [4.78, 5) is 14.6. The minimum absolute atomic E-state index is 0.0757. The van der Waals surface area contributed by atoms with E-state index in [1.165, 1.54) is 22.7 Å². The Labute approximate surface area is 140 Å². The number of nitrogens with zero attached hydrogens (tertiary/aromatic N) is 2. The van der Waals surface area contributed by atoms with E-state index >= 15 is 0 Å². The summed E-state index contributed by atoms with van der Waals surface area (Å²) in [5.41, 5.74) is 3.44. The zero-order valence-corrected chi connectivity index (χ0v) is 14.0. The van der Waals surface area contributed by atoms with Gasteiger partial charge >= 0.3 is 6.03 Å². The molecule has 5 nitrogen and oxygen atoms in total. The van der Waals surface area contributed by atoms with Gasteiger partial charge in [0, 0.05) is 13.2 Å². The normalized spacial score (nSPS) is 16.2. The van der Waals surface area contributed by atoms with E-state index in [0.717, 1.165) is 23.5 Å². The van der Waals surface area contributed by atoms with Gasteiger partial charge in [-0.2, -0.15) is 4.37 Å². The second-order valence-corrected chi connectivity index (χ2v) is 6.59. The lowest BCUT2D eigenvalue weighted by molar-refractivity contribution is 0.177. The SMILES string of the molecule is Cc1cc(NC(=O)N(CCCO)C2CCc3ccccc32)sn1. The van der Waals surface area contributed by atoms with Crippen molar-refractivity contribution in [1.82, 2.24) is 9.27 Å². The van der Waals surface area contributed by atoms with Gasteiger partial charge < -0.3 is 10.0 Å². The maximum atomic E-state index is 12.7. The number of carbonyl (C=O) groups is 1. The summed E-state index contributed by atoms with van der Waals surface area (Å²) >= 11 is 1.29. The molecule has 0 aliphatic heterocycles. The Morgan fingerprint density at radius 1 is 1.48 bits per heavy atom. The fourth-order valence-corrected chi connectivity index (χ4v) is 3.75. The molecule has 0 bridgehead atoms. The monoisotopic (exact) mass is 331 g/mol. The van der Waals surface area contributed by atoms with Crippen molar-refractivity contribution in [3.8, 4) is 0 Å². The maximum absolute atomic E-state index is 12.7. The number of carbonyl (C=O) groups excluding carboxylic acids is 1. The third-order valence-electron chi connectivity index (χ3n) is 4.15. The van der Waals surface area contributed by atoms with E-state index in [9.17, 15) is 4.79 Å². The highest BCUT2D eigenvalue weighted by molar-refractivity contribution is 7.10. The van der Waals surface area contributed by atoms with Crippen molar-refractivity contribution in [3.05, 3.63) is 47.2 Å². The van der Waals surface area contributed by atoms with Gasteiger partial charge in [0.25, 0.3) is 0 Å². The van der Waals surface area contributed by atoms with E-state index in [0.29, 0.717) is 13.0 Å². The molecule has 2 N–H and O–H groups in total. The smallest absolute Gasteiger partial charge is 0.323 e. The third-order valence-corrected chi connectivity index (χ3v) is 4.95. The summed E-state index contributed by atoms with van der Waals surface area (Å²) in [6, 6.07) is 10.1. The Bertz CT molecular complexity index is 686. The van der Waals surface area contributed by atoms with Crippen molar-refractivity contribution in [2.45, 2.75) is 32.2 Å². The number of anilines is 1. The van der Waals surface area contributed by atoms with Gasteiger partial charge in [-0.3, -0.25) is 5.32 Å². The number of rotatable bonds is 5. The second kappa shape index (κ2) is 7.10. The number of urea groups is 1. The van der Waals surface area contributed by atoms with Gasteiger partial charge in [-0.15, -0.1) is 0 Å². The van der Waals surface area contributed by atoms with E-state index in [-0.39, 0.29) is 18.7 Å². The molecule has 2 aromatic rings. The lowest BCUT2D eigenvalue weighted by Crippen LogP contribution is -2.38. The van der Waals surface area contributed by atoms with Crippen LogP contribution in [0.15, 0.2) is 30.3 Å². The largest absolute Gasteiger partial charge is 0.396 e. The van der Waals surface area contributed by atoms with Crippen LogP contribution in [0.1, 0.15) is 35.7 Å². The van der Waals surface area contributed by atoms with Gasteiger partial charge in [-0.05, 0) is 54.9 Å². The van der Waals surface area contributed by atoms with E-state index < -0.39 is 0 Å². The molecule has 1 aliphatic carbocycles. The first-order valence-electron chi connectivity index (χ1n) is 7.88. The number of aliphatic hydroxyl groups is 1. The number of aromatic nitrogens is 1. The molecule has 3 rings (SSSR count). The van der Waals surface area contributed by atoms with Crippen LogP contribution in [0, 0.1) is 6.92 Å². The Kier molecular flexibility index (Phi) is 4.93. The van der Waals surface area contributed by atoms with Gasteiger partial charge in [-0.25, -0.2) is 4.79 Å². The third kappa shape index (κ3) is 3.54. The van der Waals surface area contributed by atoms with Crippen LogP contribution in [0.3, 0.4) is 0 Å². The van der Waals surface area contributed by atoms with Gasteiger partial charge in [0.05, 0.1) is 11.7 Å². The number of aryl methyl sites for hydroxylation is 2. The highest BCUT2D eigenvalue weighted by atomic mass is 32.1. The molecular formula is C17H21N3O2S. The van der Waals surface area contributed by atoms with Crippen molar-refractivity contribution in [1.29, 1.82) is 0 Å². The fourth-order valence-electron chi connectivity index (χ4n) is 3.10. The van der Waals surface area contributed by atoms with Crippen LogP contribution in [0.25, 0.3) is 0 Å². The summed E-state index contributed by atoms with van der Waals surface area (Å²) in [7, 11) is 0. The van der Waals surface area contributed by atoms with Crippen LogP contribution >= 0.6 is 11.5 Å². The number of benzene rings is 1. The summed E-state index contributed by atoms with van der Waals surface area (Å²) < 4.78 is 4.19. The Balaban J connectivity index is 1.79. The minimum Gasteiger partial charge on any atom is -0.396 e. The molecule has 0 saturated carbocycles. The first-order valence-corrected chi connectivity index (χ1v) is 8.66. The first kappa shape index (κ1) is 16.0. The van der Waals surface area contributed by atoms with Crippen molar-refractivity contribution < 1.29 is 9.90 Å². The number of hydrogen-bond donors (Lipinski definition) is 2. The maximum Gasteiger partial charge on any atom is 0.323 e. The molecule has 0 saturated heterocycles.